The van der Waals surface area contributed by atoms with Crippen molar-refractivity contribution in [2.45, 2.75) is 4.34 Å². The number of carbonyl (C=O) groups is 2. The zero-order valence-corrected chi connectivity index (χ0v) is 13.1. The van der Waals surface area contributed by atoms with Gasteiger partial charge in [-0.2, -0.15) is 0 Å². The molecular formula is C13H11ClN2O3S2. The van der Waals surface area contributed by atoms with Crippen LogP contribution in [-0.4, -0.2) is 29.2 Å². The van der Waals surface area contributed by atoms with Crippen LogP contribution in [0.1, 0.15) is 0 Å². The summed E-state index contributed by atoms with van der Waals surface area (Å²) in [5, 5.41) is 2.57. The number of ether oxygens (including phenoxy) is 1. The molecule has 8 heteroatoms. The number of amides is 1. The van der Waals surface area contributed by atoms with E-state index in [1.807, 2.05) is 17.5 Å². The lowest BCUT2D eigenvalue weighted by molar-refractivity contribution is -0.145. The molecule has 5 nitrogen and oxygen atoms in total. The highest BCUT2D eigenvalue weighted by atomic mass is 35.5. The maximum Gasteiger partial charge on any atom is 0.316 e. The molecule has 1 aromatic heterocycles. The number of hydrogen-bond acceptors (Lipinski definition) is 6. The molecule has 0 bridgehead atoms. The van der Waals surface area contributed by atoms with Crippen molar-refractivity contribution in [2.24, 2.45) is 5.73 Å². The number of carbonyl (C=O) groups excluding carboxylic acids is 2. The van der Waals surface area contributed by atoms with Crippen molar-refractivity contribution in [2.75, 3.05) is 12.4 Å². The summed E-state index contributed by atoms with van der Waals surface area (Å²) in [6.07, 6.45) is 0. The van der Waals surface area contributed by atoms with Gasteiger partial charge in [0, 0.05) is 16.0 Å². The van der Waals surface area contributed by atoms with Crippen LogP contribution < -0.4 is 5.73 Å². The zero-order chi connectivity index (χ0) is 15.2. The van der Waals surface area contributed by atoms with Crippen LogP contribution in [0, 0.1) is 0 Å². The number of nitrogens with two attached hydrogens (primary N) is 1. The second-order valence-corrected chi connectivity index (χ2v) is 6.44. The average Bonchev–Trinajstić information content (AvgIpc) is 2.92. The fourth-order valence-corrected chi connectivity index (χ4v) is 3.15. The molecule has 0 spiro atoms. The number of aromatic nitrogens is 1. The number of benzene rings is 1. The van der Waals surface area contributed by atoms with E-state index >= 15 is 0 Å². The number of esters is 1. The minimum atomic E-state index is -0.673. The summed E-state index contributed by atoms with van der Waals surface area (Å²) in [5.41, 5.74) is 6.66. The number of rotatable bonds is 6. The standard InChI is InChI=1S/C13H11ClN2O3S2/c14-9-3-1-8(2-4-9)10-6-20-13(16-10)21-7-12(18)19-5-11(15)17/h1-4,6H,5,7H2,(H2,15,17). The number of thioether (sulfide) groups is 1. The van der Waals surface area contributed by atoms with Gasteiger partial charge in [-0.25, -0.2) is 4.98 Å². The lowest BCUT2D eigenvalue weighted by atomic mass is 10.2. The van der Waals surface area contributed by atoms with Gasteiger partial charge in [0.1, 0.15) is 0 Å². The van der Waals surface area contributed by atoms with Crippen molar-refractivity contribution in [1.82, 2.24) is 4.98 Å². The lowest BCUT2D eigenvalue weighted by Crippen LogP contribution is -2.21. The quantitative estimate of drug-likeness (QED) is 0.644. The van der Waals surface area contributed by atoms with E-state index < -0.39 is 18.5 Å². The molecule has 0 radical (unpaired) electrons. The zero-order valence-electron chi connectivity index (χ0n) is 10.7. The first kappa shape index (κ1) is 15.8. The molecule has 2 N–H and O–H groups in total. The van der Waals surface area contributed by atoms with Crippen molar-refractivity contribution >= 4 is 46.6 Å². The van der Waals surface area contributed by atoms with Gasteiger partial charge >= 0.3 is 5.97 Å². The van der Waals surface area contributed by atoms with Gasteiger partial charge in [-0.15, -0.1) is 11.3 Å². The van der Waals surface area contributed by atoms with Gasteiger partial charge in [-0.05, 0) is 12.1 Å². The molecule has 1 heterocycles. The third-order valence-electron chi connectivity index (χ3n) is 2.31. The van der Waals surface area contributed by atoms with Crippen molar-refractivity contribution in [3.05, 3.63) is 34.7 Å². The van der Waals surface area contributed by atoms with Gasteiger partial charge in [0.05, 0.1) is 11.4 Å². The molecule has 1 aromatic carbocycles. The van der Waals surface area contributed by atoms with Crippen molar-refractivity contribution in [3.63, 3.8) is 0 Å². The lowest BCUT2D eigenvalue weighted by Gasteiger charge is -2.00. The molecule has 0 saturated carbocycles. The Kier molecular flexibility index (Phi) is 5.60. The predicted octanol–water partition coefficient (Wildman–Crippen LogP) is 2.58. The SMILES string of the molecule is NC(=O)COC(=O)CSc1nc(-c2ccc(Cl)cc2)cs1. The highest BCUT2D eigenvalue weighted by Gasteiger charge is 2.09. The number of halogens is 1. The maximum atomic E-state index is 11.3. The molecule has 0 unspecified atom stereocenters. The van der Waals surface area contributed by atoms with E-state index in [1.54, 1.807) is 12.1 Å². The van der Waals surface area contributed by atoms with E-state index in [-0.39, 0.29) is 5.75 Å². The number of thiazole rings is 1. The van der Waals surface area contributed by atoms with Crippen LogP contribution in [0.4, 0.5) is 0 Å². The summed E-state index contributed by atoms with van der Waals surface area (Å²) in [4.78, 5) is 26.2. The van der Waals surface area contributed by atoms with Crippen molar-refractivity contribution in [3.8, 4) is 11.3 Å². The highest BCUT2D eigenvalue weighted by molar-refractivity contribution is 8.01. The van der Waals surface area contributed by atoms with Crippen molar-refractivity contribution in [1.29, 1.82) is 0 Å². The summed E-state index contributed by atoms with van der Waals surface area (Å²) in [6.45, 7) is -0.396. The molecule has 1 amide bonds. The molecule has 0 saturated heterocycles. The van der Waals surface area contributed by atoms with Crippen LogP contribution in [0.3, 0.4) is 0 Å². The van der Waals surface area contributed by atoms with Crippen LogP contribution in [0.15, 0.2) is 34.0 Å². The summed E-state index contributed by atoms with van der Waals surface area (Å²) >= 11 is 8.52. The Hall–Kier alpha value is -1.57. The molecule has 0 aliphatic heterocycles. The van der Waals surface area contributed by atoms with Gasteiger partial charge in [-0.3, -0.25) is 9.59 Å². The third kappa shape index (κ3) is 5.04. The third-order valence-corrected chi connectivity index (χ3v) is 4.56. The monoisotopic (exact) mass is 342 g/mol. The fraction of sp³-hybridized carbons (Fsp3) is 0.154. The van der Waals surface area contributed by atoms with E-state index in [4.69, 9.17) is 17.3 Å². The summed E-state index contributed by atoms with van der Waals surface area (Å²) < 4.78 is 5.40. The number of hydrogen-bond donors (Lipinski definition) is 1. The van der Waals surface area contributed by atoms with Crippen LogP contribution in [-0.2, 0) is 14.3 Å². The first-order valence-electron chi connectivity index (χ1n) is 5.83. The molecule has 0 fully saturated rings. The van der Waals surface area contributed by atoms with Crippen LogP contribution in [0.2, 0.25) is 5.02 Å². The van der Waals surface area contributed by atoms with E-state index in [0.29, 0.717) is 5.02 Å². The van der Waals surface area contributed by atoms with E-state index in [1.165, 1.54) is 23.1 Å². The smallest absolute Gasteiger partial charge is 0.316 e. The minimum Gasteiger partial charge on any atom is -0.455 e. The van der Waals surface area contributed by atoms with Gasteiger partial charge in [0.25, 0.3) is 5.91 Å². The van der Waals surface area contributed by atoms with Gasteiger partial charge in [-0.1, -0.05) is 35.5 Å². The largest absolute Gasteiger partial charge is 0.455 e. The number of primary amides is 1. The second-order valence-electron chi connectivity index (χ2n) is 3.92. The molecular weight excluding hydrogens is 332 g/mol. The van der Waals surface area contributed by atoms with E-state index in [0.717, 1.165) is 15.6 Å². The molecule has 110 valence electrons. The molecule has 0 aliphatic carbocycles. The normalized spacial score (nSPS) is 10.3. The highest BCUT2D eigenvalue weighted by Crippen LogP contribution is 2.28. The maximum absolute atomic E-state index is 11.3. The van der Waals surface area contributed by atoms with Crippen LogP contribution >= 0.6 is 34.7 Å². The Morgan fingerprint density at radius 3 is 2.71 bits per heavy atom. The van der Waals surface area contributed by atoms with Crippen LogP contribution in [0.25, 0.3) is 11.3 Å². The molecule has 0 aliphatic rings. The Morgan fingerprint density at radius 1 is 1.33 bits per heavy atom. The first-order valence-corrected chi connectivity index (χ1v) is 8.07. The minimum absolute atomic E-state index is 0.0842. The van der Waals surface area contributed by atoms with Gasteiger partial charge in [0.15, 0.2) is 10.9 Å². The molecule has 2 rings (SSSR count). The Labute approximate surface area is 134 Å². The first-order chi connectivity index (χ1) is 10.0. The summed E-state index contributed by atoms with van der Waals surface area (Å²) in [7, 11) is 0. The summed E-state index contributed by atoms with van der Waals surface area (Å²) in [5.74, 6) is -1.09. The van der Waals surface area contributed by atoms with E-state index in [9.17, 15) is 9.59 Å². The summed E-state index contributed by atoms with van der Waals surface area (Å²) in [6, 6.07) is 7.36. The Bertz CT molecular complexity index is 643. The van der Waals surface area contributed by atoms with E-state index in [2.05, 4.69) is 9.72 Å². The van der Waals surface area contributed by atoms with Gasteiger partial charge < -0.3 is 10.5 Å². The average molecular weight is 343 g/mol. The topological polar surface area (TPSA) is 82.3 Å². The van der Waals surface area contributed by atoms with Crippen molar-refractivity contribution < 1.29 is 14.3 Å². The molecule has 0 atom stereocenters. The number of nitrogens with zero attached hydrogens (tertiary/aromatic N) is 1. The molecule has 2 aromatic rings. The van der Waals surface area contributed by atoms with Crippen LogP contribution in [0.5, 0.6) is 0 Å². The van der Waals surface area contributed by atoms with Gasteiger partial charge in [0.2, 0.25) is 0 Å². The second kappa shape index (κ2) is 7.44. The molecule has 21 heavy (non-hydrogen) atoms. The fourth-order valence-electron chi connectivity index (χ4n) is 1.39. The Morgan fingerprint density at radius 2 is 2.05 bits per heavy atom. The Balaban J connectivity index is 1.90. The predicted molar refractivity (Wildman–Crippen MR) is 83.4 cm³/mol.